The lowest BCUT2D eigenvalue weighted by atomic mass is 9.72. The van der Waals surface area contributed by atoms with Crippen LogP contribution in [0.5, 0.6) is 0 Å². The standard InChI is InChI=1S/C28H42/c1-19-6-12-27-23(14-19)8-10-25(27)17-21-4-3-5-22(16-21)18-26-11-9-24-15-20(2)7-13-28(24)26/h3-5,16,19-20,23-28H,6-15,17-18H2,1-2H3. The summed E-state index contributed by atoms with van der Waals surface area (Å²) in [6.45, 7) is 4.96. The number of fused-ring (bicyclic) bond motifs is 2. The summed E-state index contributed by atoms with van der Waals surface area (Å²) in [4.78, 5) is 0. The Balaban J connectivity index is 1.21. The maximum absolute atomic E-state index is 2.61. The lowest BCUT2D eigenvalue weighted by molar-refractivity contribution is 0.184. The molecule has 28 heavy (non-hydrogen) atoms. The van der Waals surface area contributed by atoms with E-state index >= 15 is 0 Å². The van der Waals surface area contributed by atoms with Crippen molar-refractivity contribution >= 4 is 0 Å². The third-order valence-electron chi connectivity index (χ3n) is 9.62. The van der Waals surface area contributed by atoms with Crippen LogP contribution in [0, 0.1) is 47.3 Å². The molecule has 0 radical (unpaired) electrons. The fourth-order valence-electron chi connectivity index (χ4n) is 8.23. The van der Waals surface area contributed by atoms with Crippen molar-refractivity contribution in [3.8, 4) is 0 Å². The predicted molar refractivity (Wildman–Crippen MR) is 119 cm³/mol. The minimum Gasteiger partial charge on any atom is -0.0625 e. The van der Waals surface area contributed by atoms with Crippen molar-refractivity contribution in [2.75, 3.05) is 0 Å². The summed E-state index contributed by atoms with van der Waals surface area (Å²) in [5.41, 5.74) is 3.29. The highest BCUT2D eigenvalue weighted by Crippen LogP contribution is 2.50. The predicted octanol–water partition coefficient (Wildman–Crippen LogP) is 7.70. The second kappa shape index (κ2) is 8.16. The Bertz CT molecular complexity index is 607. The summed E-state index contributed by atoms with van der Waals surface area (Å²) >= 11 is 0. The van der Waals surface area contributed by atoms with E-state index in [-0.39, 0.29) is 0 Å². The molecule has 5 rings (SSSR count). The molecule has 1 aromatic rings. The van der Waals surface area contributed by atoms with Gasteiger partial charge in [-0.3, -0.25) is 0 Å². The molecule has 0 aromatic heterocycles. The van der Waals surface area contributed by atoms with Crippen LogP contribution in [0.3, 0.4) is 0 Å². The molecule has 0 nitrogen and oxygen atoms in total. The maximum Gasteiger partial charge on any atom is -0.0248 e. The van der Waals surface area contributed by atoms with Crippen LogP contribution < -0.4 is 0 Å². The Morgan fingerprint density at radius 2 is 1.14 bits per heavy atom. The summed E-state index contributed by atoms with van der Waals surface area (Å²) < 4.78 is 0. The zero-order valence-corrected chi connectivity index (χ0v) is 18.4. The number of hydrogen-bond donors (Lipinski definition) is 0. The van der Waals surface area contributed by atoms with Gasteiger partial charge in [-0.05, 0) is 123 Å². The molecule has 0 spiro atoms. The maximum atomic E-state index is 2.61. The molecule has 4 aliphatic rings. The fourth-order valence-corrected chi connectivity index (χ4v) is 8.23. The van der Waals surface area contributed by atoms with Crippen LogP contribution in [-0.2, 0) is 12.8 Å². The van der Waals surface area contributed by atoms with E-state index in [0.717, 1.165) is 47.3 Å². The number of rotatable bonds is 4. The summed E-state index contributed by atoms with van der Waals surface area (Å²) in [5, 5.41) is 0. The minimum absolute atomic E-state index is 0.975. The largest absolute Gasteiger partial charge is 0.0625 e. The molecule has 0 N–H and O–H groups in total. The van der Waals surface area contributed by atoms with Crippen molar-refractivity contribution in [2.24, 2.45) is 47.3 Å². The quantitative estimate of drug-likeness (QED) is 0.503. The summed E-state index contributed by atoms with van der Waals surface area (Å²) in [5.74, 6) is 8.12. The fraction of sp³-hybridized carbons (Fsp3) is 0.786. The molecular weight excluding hydrogens is 336 g/mol. The van der Waals surface area contributed by atoms with Gasteiger partial charge in [-0.25, -0.2) is 0 Å². The summed E-state index contributed by atoms with van der Waals surface area (Å²) in [6, 6.07) is 9.84. The molecule has 0 heteroatoms. The van der Waals surface area contributed by atoms with Gasteiger partial charge in [0.05, 0.1) is 0 Å². The zero-order chi connectivity index (χ0) is 19.1. The monoisotopic (exact) mass is 378 g/mol. The molecule has 0 aliphatic heterocycles. The van der Waals surface area contributed by atoms with Crippen molar-refractivity contribution in [1.82, 2.24) is 0 Å². The van der Waals surface area contributed by atoms with Crippen LogP contribution in [0.15, 0.2) is 24.3 Å². The van der Waals surface area contributed by atoms with Crippen LogP contribution in [0.4, 0.5) is 0 Å². The van der Waals surface area contributed by atoms with E-state index in [1.165, 1.54) is 77.0 Å². The van der Waals surface area contributed by atoms with Crippen LogP contribution in [-0.4, -0.2) is 0 Å². The van der Waals surface area contributed by atoms with Gasteiger partial charge in [0.1, 0.15) is 0 Å². The molecular formula is C28H42. The third kappa shape index (κ3) is 3.95. The van der Waals surface area contributed by atoms with Crippen molar-refractivity contribution in [3.05, 3.63) is 35.4 Å². The van der Waals surface area contributed by atoms with E-state index in [1.54, 1.807) is 11.1 Å². The van der Waals surface area contributed by atoms with Crippen LogP contribution >= 0.6 is 0 Å². The Labute approximate surface area is 173 Å². The van der Waals surface area contributed by atoms with Gasteiger partial charge in [0.15, 0.2) is 0 Å². The van der Waals surface area contributed by atoms with Gasteiger partial charge in [-0.2, -0.15) is 0 Å². The first-order valence-corrected chi connectivity index (χ1v) is 12.7. The van der Waals surface area contributed by atoms with Crippen molar-refractivity contribution in [3.63, 3.8) is 0 Å². The average Bonchev–Trinajstić information content (AvgIpc) is 3.26. The Morgan fingerprint density at radius 3 is 1.64 bits per heavy atom. The topological polar surface area (TPSA) is 0 Å². The Kier molecular flexibility index (Phi) is 5.59. The molecule has 4 aliphatic carbocycles. The van der Waals surface area contributed by atoms with Gasteiger partial charge in [0, 0.05) is 0 Å². The highest BCUT2D eigenvalue weighted by Gasteiger charge is 2.40. The molecule has 8 unspecified atom stereocenters. The smallest absolute Gasteiger partial charge is 0.0248 e. The molecule has 154 valence electrons. The van der Waals surface area contributed by atoms with Gasteiger partial charge < -0.3 is 0 Å². The van der Waals surface area contributed by atoms with Crippen molar-refractivity contribution < 1.29 is 0 Å². The zero-order valence-electron chi connectivity index (χ0n) is 18.4. The molecule has 0 saturated heterocycles. The lowest BCUT2D eigenvalue weighted by Gasteiger charge is -2.33. The van der Waals surface area contributed by atoms with E-state index < -0.39 is 0 Å². The first kappa shape index (κ1) is 19.2. The SMILES string of the molecule is CC1CCC2C(Cc3cccc(CC4CCC5CC(C)CCC45)c3)CCC2C1. The normalized spacial score (nSPS) is 42.9. The van der Waals surface area contributed by atoms with Crippen LogP contribution in [0.25, 0.3) is 0 Å². The molecule has 1 aromatic carbocycles. The summed E-state index contributed by atoms with van der Waals surface area (Å²) in [7, 11) is 0. The minimum atomic E-state index is 0.975. The molecule has 0 bridgehead atoms. The van der Waals surface area contributed by atoms with E-state index in [1.807, 2.05) is 0 Å². The van der Waals surface area contributed by atoms with Gasteiger partial charge in [-0.1, -0.05) is 51.0 Å². The molecule has 0 amide bonds. The second-order valence-corrected chi connectivity index (χ2v) is 11.6. The van der Waals surface area contributed by atoms with Gasteiger partial charge in [-0.15, -0.1) is 0 Å². The van der Waals surface area contributed by atoms with Gasteiger partial charge in [0.2, 0.25) is 0 Å². The average molecular weight is 379 g/mol. The number of benzene rings is 1. The highest BCUT2D eigenvalue weighted by molar-refractivity contribution is 5.25. The molecule has 4 fully saturated rings. The Morgan fingerprint density at radius 1 is 0.643 bits per heavy atom. The first-order valence-electron chi connectivity index (χ1n) is 12.7. The second-order valence-electron chi connectivity index (χ2n) is 11.6. The van der Waals surface area contributed by atoms with Crippen molar-refractivity contribution in [2.45, 2.75) is 90.9 Å². The third-order valence-corrected chi connectivity index (χ3v) is 9.62. The summed E-state index contributed by atoms with van der Waals surface area (Å²) in [6.07, 6.45) is 17.8. The first-order chi connectivity index (χ1) is 13.7. The van der Waals surface area contributed by atoms with Gasteiger partial charge in [0.25, 0.3) is 0 Å². The molecule has 4 saturated carbocycles. The van der Waals surface area contributed by atoms with Crippen LogP contribution in [0.2, 0.25) is 0 Å². The number of hydrogen-bond acceptors (Lipinski definition) is 0. The van der Waals surface area contributed by atoms with Crippen molar-refractivity contribution in [1.29, 1.82) is 0 Å². The van der Waals surface area contributed by atoms with E-state index in [9.17, 15) is 0 Å². The molecule has 0 heterocycles. The Hall–Kier alpha value is -0.780. The van der Waals surface area contributed by atoms with E-state index in [0.29, 0.717) is 0 Å². The molecule has 8 atom stereocenters. The van der Waals surface area contributed by atoms with Crippen LogP contribution in [0.1, 0.15) is 89.2 Å². The van der Waals surface area contributed by atoms with E-state index in [2.05, 4.69) is 38.1 Å². The lowest BCUT2D eigenvalue weighted by Crippen LogP contribution is -2.24. The van der Waals surface area contributed by atoms with E-state index in [4.69, 9.17) is 0 Å². The highest BCUT2D eigenvalue weighted by atomic mass is 14.5. The van der Waals surface area contributed by atoms with Gasteiger partial charge >= 0.3 is 0 Å².